The summed E-state index contributed by atoms with van der Waals surface area (Å²) in [5.41, 5.74) is 2.91. The van der Waals surface area contributed by atoms with Gasteiger partial charge in [0.1, 0.15) is 5.75 Å². The standard InChI is InChI=1S/C27H50O4Si/c1-19(2)32(20(3)4,21(5)6)31-17-22(7)15-23(8)27(24(9)16-28)30-18-25-11-13-26(29-10)14-12-25/h11-14,19-24,27-28H,15-18H2,1-10H3/t22-,23+,24+,27+/m1/s1. The topological polar surface area (TPSA) is 47.9 Å². The van der Waals surface area contributed by atoms with Crippen molar-refractivity contribution >= 4 is 8.32 Å². The van der Waals surface area contributed by atoms with E-state index in [1.807, 2.05) is 24.3 Å². The SMILES string of the molecule is COc1ccc(CO[C@H]([C@@H](C)CO)[C@@H](C)C[C@@H](C)CO[Si](C(C)C)(C(C)C)C(C)C)cc1. The van der Waals surface area contributed by atoms with Gasteiger partial charge in [0, 0.05) is 19.1 Å². The fourth-order valence-corrected chi connectivity index (χ4v) is 11.1. The number of rotatable bonds is 15. The zero-order valence-electron chi connectivity index (χ0n) is 22.4. The van der Waals surface area contributed by atoms with E-state index in [-0.39, 0.29) is 18.6 Å². The van der Waals surface area contributed by atoms with Crippen LogP contribution in [0.4, 0.5) is 0 Å². The van der Waals surface area contributed by atoms with Gasteiger partial charge in [-0.3, -0.25) is 0 Å². The molecule has 0 fully saturated rings. The minimum absolute atomic E-state index is 0.00634. The quantitative estimate of drug-likeness (QED) is 0.281. The molecule has 0 spiro atoms. The number of hydrogen-bond acceptors (Lipinski definition) is 4. The van der Waals surface area contributed by atoms with Crippen LogP contribution in [0.3, 0.4) is 0 Å². The normalized spacial score (nSPS) is 16.4. The molecule has 4 atom stereocenters. The van der Waals surface area contributed by atoms with Gasteiger partial charge in [0.05, 0.1) is 19.8 Å². The van der Waals surface area contributed by atoms with Crippen molar-refractivity contribution in [1.29, 1.82) is 0 Å². The number of hydrogen-bond donors (Lipinski definition) is 1. The van der Waals surface area contributed by atoms with Crippen LogP contribution in [0.15, 0.2) is 24.3 Å². The van der Waals surface area contributed by atoms with Gasteiger partial charge < -0.3 is 19.0 Å². The molecule has 0 heterocycles. The van der Waals surface area contributed by atoms with E-state index in [4.69, 9.17) is 13.9 Å². The van der Waals surface area contributed by atoms with Crippen LogP contribution in [0.2, 0.25) is 16.6 Å². The van der Waals surface area contributed by atoms with E-state index in [1.165, 1.54) is 0 Å². The van der Waals surface area contributed by atoms with E-state index in [2.05, 4.69) is 62.3 Å². The molecule has 32 heavy (non-hydrogen) atoms. The predicted octanol–water partition coefficient (Wildman–Crippen LogP) is 7.06. The fourth-order valence-electron chi connectivity index (χ4n) is 5.53. The molecule has 0 saturated heterocycles. The van der Waals surface area contributed by atoms with E-state index in [9.17, 15) is 5.11 Å². The zero-order valence-corrected chi connectivity index (χ0v) is 23.4. The molecule has 1 aromatic rings. The summed E-state index contributed by atoms with van der Waals surface area (Å²) in [5, 5.41) is 9.83. The highest BCUT2D eigenvalue weighted by Crippen LogP contribution is 2.42. The second-order valence-corrected chi connectivity index (χ2v) is 16.2. The minimum atomic E-state index is -1.85. The Morgan fingerprint density at radius 2 is 1.34 bits per heavy atom. The lowest BCUT2D eigenvalue weighted by molar-refractivity contribution is -0.0475. The smallest absolute Gasteiger partial charge is 0.200 e. The highest BCUT2D eigenvalue weighted by atomic mass is 28.4. The largest absolute Gasteiger partial charge is 0.497 e. The molecule has 0 radical (unpaired) electrons. The van der Waals surface area contributed by atoms with Gasteiger partial charge in [-0.15, -0.1) is 0 Å². The van der Waals surface area contributed by atoms with Crippen molar-refractivity contribution in [2.45, 2.75) is 98.1 Å². The summed E-state index contributed by atoms with van der Waals surface area (Å²) in [7, 11) is -0.172. The first-order chi connectivity index (χ1) is 15.0. The Morgan fingerprint density at radius 1 is 0.812 bits per heavy atom. The van der Waals surface area contributed by atoms with Crippen molar-refractivity contribution in [2.75, 3.05) is 20.3 Å². The number of benzene rings is 1. The predicted molar refractivity (Wildman–Crippen MR) is 138 cm³/mol. The van der Waals surface area contributed by atoms with Crippen LogP contribution >= 0.6 is 0 Å². The summed E-state index contributed by atoms with van der Waals surface area (Å²) in [5.74, 6) is 1.72. The van der Waals surface area contributed by atoms with Gasteiger partial charge in [-0.05, 0) is 52.6 Å². The molecule has 4 nitrogen and oxygen atoms in total. The van der Waals surface area contributed by atoms with Gasteiger partial charge >= 0.3 is 0 Å². The number of aliphatic hydroxyl groups is 1. The summed E-state index contributed by atoms with van der Waals surface area (Å²) in [6.07, 6.45) is 1.03. The molecule has 0 aliphatic heterocycles. The Morgan fingerprint density at radius 3 is 1.78 bits per heavy atom. The van der Waals surface area contributed by atoms with Crippen molar-refractivity contribution in [2.24, 2.45) is 17.8 Å². The molecular formula is C27H50O4Si. The number of aliphatic hydroxyl groups excluding tert-OH is 1. The van der Waals surface area contributed by atoms with Crippen molar-refractivity contribution in [3.05, 3.63) is 29.8 Å². The van der Waals surface area contributed by atoms with Crippen LogP contribution in [-0.2, 0) is 15.8 Å². The van der Waals surface area contributed by atoms with Crippen LogP contribution in [0.5, 0.6) is 5.75 Å². The van der Waals surface area contributed by atoms with Crippen LogP contribution in [0, 0.1) is 17.8 Å². The second kappa shape index (κ2) is 13.7. The van der Waals surface area contributed by atoms with Crippen LogP contribution in [-0.4, -0.2) is 39.9 Å². The maximum atomic E-state index is 9.83. The third-order valence-electron chi connectivity index (χ3n) is 7.11. The maximum Gasteiger partial charge on any atom is 0.200 e. The van der Waals surface area contributed by atoms with Crippen molar-refractivity contribution in [3.8, 4) is 5.75 Å². The van der Waals surface area contributed by atoms with Crippen LogP contribution in [0.25, 0.3) is 0 Å². The van der Waals surface area contributed by atoms with Crippen molar-refractivity contribution in [1.82, 2.24) is 0 Å². The summed E-state index contributed by atoms with van der Waals surface area (Å²) in [6, 6.07) is 7.99. The monoisotopic (exact) mass is 466 g/mol. The van der Waals surface area contributed by atoms with Crippen molar-refractivity contribution in [3.63, 3.8) is 0 Å². The third kappa shape index (κ3) is 7.86. The molecule has 0 amide bonds. The van der Waals surface area contributed by atoms with E-state index >= 15 is 0 Å². The maximum absolute atomic E-state index is 9.83. The molecule has 0 saturated carbocycles. The Labute approximate surface area is 199 Å². The first kappa shape index (κ1) is 29.1. The zero-order chi connectivity index (χ0) is 24.5. The van der Waals surface area contributed by atoms with E-state index in [0.29, 0.717) is 35.1 Å². The van der Waals surface area contributed by atoms with Crippen molar-refractivity contribution < 1.29 is 19.0 Å². The lowest BCUT2D eigenvalue weighted by Crippen LogP contribution is -2.48. The van der Waals surface area contributed by atoms with Gasteiger partial charge in [-0.2, -0.15) is 0 Å². The van der Waals surface area contributed by atoms with Gasteiger partial charge in [0.25, 0.3) is 0 Å². The van der Waals surface area contributed by atoms with E-state index in [0.717, 1.165) is 24.3 Å². The highest BCUT2D eigenvalue weighted by molar-refractivity contribution is 6.77. The van der Waals surface area contributed by atoms with E-state index < -0.39 is 8.32 Å². The molecule has 0 aliphatic carbocycles. The third-order valence-corrected chi connectivity index (χ3v) is 13.2. The van der Waals surface area contributed by atoms with E-state index in [1.54, 1.807) is 7.11 Å². The average Bonchev–Trinajstić information content (AvgIpc) is 2.73. The Hall–Kier alpha value is -0.883. The lowest BCUT2D eigenvalue weighted by atomic mass is 9.87. The van der Waals surface area contributed by atoms with Gasteiger partial charge in [-0.25, -0.2) is 0 Å². The van der Waals surface area contributed by atoms with Crippen LogP contribution in [0.1, 0.15) is 74.3 Å². The van der Waals surface area contributed by atoms with Gasteiger partial charge in [-0.1, -0.05) is 74.4 Å². The van der Waals surface area contributed by atoms with Gasteiger partial charge in [0.2, 0.25) is 0 Å². The number of ether oxygens (including phenoxy) is 2. The summed E-state index contributed by atoms with van der Waals surface area (Å²) in [6.45, 7) is 22.1. The fraction of sp³-hybridized carbons (Fsp3) is 0.778. The summed E-state index contributed by atoms with van der Waals surface area (Å²) in [4.78, 5) is 0. The van der Waals surface area contributed by atoms with Crippen LogP contribution < -0.4 is 4.74 Å². The number of methoxy groups -OCH3 is 1. The molecule has 1 aromatic carbocycles. The van der Waals surface area contributed by atoms with Gasteiger partial charge in [0.15, 0.2) is 8.32 Å². The highest BCUT2D eigenvalue weighted by Gasteiger charge is 2.45. The molecule has 0 bridgehead atoms. The lowest BCUT2D eigenvalue weighted by Gasteiger charge is -2.43. The molecule has 1 N–H and O–H groups in total. The molecular weight excluding hydrogens is 416 g/mol. The summed E-state index contributed by atoms with van der Waals surface area (Å²) >= 11 is 0. The first-order valence-electron chi connectivity index (χ1n) is 12.5. The molecule has 186 valence electrons. The Kier molecular flexibility index (Phi) is 12.5. The Bertz CT molecular complexity index is 607. The second-order valence-electron chi connectivity index (χ2n) is 10.7. The minimum Gasteiger partial charge on any atom is -0.497 e. The molecule has 0 unspecified atom stereocenters. The first-order valence-corrected chi connectivity index (χ1v) is 14.6. The molecule has 0 aliphatic rings. The summed E-state index contributed by atoms with van der Waals surface area (Å²) < 4.78 is 18.4. The molecule has 5 heteroatoms. The average molecular weight is 467 g/mol. The molecule has 1 rings (SSSR count). The Balaban J connectivity index is 2.76. The molecule has 0 aromatic heterocycles.